The van der Waals surface area contributed by atoms with Gasteiger partial charge in [0.1, 0.15) is 6.10 Å². The van der Waals surface area contributed by atoms with Gasteiger partial charge in [0.15, 0.2) is 0 Å². The molecular weight excluding hydrogens is 200 g/mol. The van der Waals surface area contributed by atoms with Crippen molar-refractivity contribution in [3.05, 3.63) is 35.4 Å². The van der Waals surface area contributed by atoms with Gasteiger partial charge in [-0.15, -0.1) is 0 Å². The Balaban J connectivity index is 2.90. The molecule has 0 amide bonds. The Kier molecular flexibility index (Phi) is 3.54. The Morgan fingerprint density at radius 1 is 1.20 bits per heavy atom. The number of carboxylic acid groups (broad SMARTS) is 1. The highest BCUT2D eigenvalue weighted by molar-refractivity contribution is 6.39. The molecule has 1 rings (SSSR count). The van der Waals surface area contributed by atoms with E-state index in [0.717, 1.165) is 0 Å². The molecule has 1 aromatic carbocycles. The Morgan fingerprint density at radius 2 is 1.73 bits per heavy atom. The van der Waals surface area contributed by atoms with Gasteiger partial charge in [0.25, 0.3) is 5.78 Å². The zero-order chi connectivity index (χ0) is 11.4. The summed E-state index contributed by atoms with van der Waals surface area (Å²) in [5.74, 6) is -2.52. The molecule has 0 aliphatic rings. The molecule has 1 aromatic rings. The van der Waals surface area contributed by atoms with Gasteiger partial charge in [-0.25, -0.2) is 4.79 Å². The number of rotatable bonds is 4. The van der Waals surface area contributed by atoms with Gasteiger partial charge in [-0.2, -0.15) is 0 Å². The zero-order valence-corrected chi connectivity index (χ0v) is 7.75. The van der Waals surface area contributed by atoms with E-state index in [1.54, 1.807) is 0 Å². The standard InChI is InChI=1S/C10H10O5/c11-5-8(12)6-1-3-7(4-2-6)9(13)10(14)15/h1-4,8,11-12H,5H2,(H,14,15). The van der Waals surface area contributed by atoms with Crippen molar-refractivity contribution in [1.82, 2.24) is 0 Å². The molecule has 0 aliphatic carbocycles. The molecule has 1 atom stereocenters. The highest BCUT2D eigenvalue weighted by Crippen LogP contribution is 2.13. The van der Waals surface area contributed by atoms with Crippen LogP contribution in [0.1, 0.15) is 22.0 Å². The topological polar surface area (TPSA) is 94.8 Å². The number of benzene rings is 1. The van der Waals surface area contributed by atoms with E-state index in [4.69, 9.17) is 10.2 Å². The third-order valence-corrected chi connectivity index (χ3v) is 1.92. The number of aliphatic hydroxyl groups is 2. The lowest BCUT2D eigenvalue weighted by atomic mass is 10.1. The Morgan fingerprint density at radius 3 is 2.13 bits per heavy atom. The van der Waals surface area contributed by atoms with Crippen LogP contribution in [-0.4, -0.2) is 33.7 Å². The summed E-state index contributed by atoms with van der Waals surface area (Å²) in [5.41, 5.74) is 0.468. The largest absolute Gasteiger partial charge is 0.475 e. The molecular formula is C10H10O5. The zero-order valence-electron chi connectivity index (χ0n) is 7.75. The fourth-order valence-electron chi connectivity index (χ4n) is 1.09. The smallest absolute Gasteiger partial charge is 0.377 e. The van der Waals surface area contributed by atoms with Crippen LogP contribution in [0.4, 0.5) is 0 Å². The van der Waals surface area contributed by atoms with Crippen molar-refractivity contribution in [3.8, 4) is 0 Å². The van der Waals surface area contributed by atoms with Crippen LogP contribution in [-0.2, 0) is 4.79 Å². The SMILES string of the molecule is O=C(O)C(=O)c1ccc(C(O)CO)cc1. The minimum Gasteiger partial charge on any atom is -0.475 e. The van der Waals surface area contributed by atoms with Crippen LogP contribution in [0.5, 0.6) is 0 Å². The molecule has 0 heterocycles. The van der Waals surface area contributed by atoms with Gasteiger partial charge >= 0.3 is 5.97 Å². The molecule has 0 bridgehead atoms. The molecule has 3 N–H and O–H groups in total. The first kappa shape index (κ1) is 11.4. The Hall–Kier alpha value is -1.72. The van der Waals surface area contributed by atoms with E-state index in [2.05, 4.69) is 0 Å². The first-order valence-electron chi connectivity index (χ1n) is 4.22. The predicted molar refractivity (Wildman–Crippen MR) is 50.5 cm³/mol. The molecule has 0 spiro atoms. The minimum atomic E-state index is -1.52. The van der Waals surface area contributed by atoms with Crippen molar-refractivity contribution < 1.29 is 24.9 Å². The van der Waals surface area contributed by atoms with Gasteiger partial charge in [-0.1, -0.05) is 24.3 Å². The van der Waals surface area contributed by atoms with E-state index in [1.807, 2.05) is 0 Å². The normalized spacial score (nSPS) is 12.1. The fourth-order valence-corrected chi connectivity index (χ4v) is 1.09. The second-order valence-electron chi connectivity index (χ2n) is 2.95. The summed E-state index contributed by atoms with van der Waals surface area (Å²) in [6.45, 7) is -0.424. The summed E-state index contributed by atoms with van der Waals surface area (Å²) in [6, 6.07) is 5.39. The van der Waals surface area contributed by atoms with Crippen LogP contribution >= 0.6 is 0 Å². The van der Waals surface area contributed by atoms with Gasteiger partial charge in [-0.3, -0.25) is 4.79 Å². The van der Waals surface area contributed by atoms with Gasteiger partial charge in [0.05, 0.1) is 6.61 Å². The van der Waals surface area contributed by atoms with Crippen LogP contribution in [0.25, 0.3) is 0 Å². The number of carboxylic acids is 1. The average Bonchev–Trinajstić information content (AvgIpc) is 2.27. The fraction of sp³-hybridized carbons (Fsp3) is 0.200. The van der Waals surface area contributed by atoms with E-state index in [1.165, 1.54) is 24.3 Å². The predicted octanol–water partition coefficient (Wildman–Crippen LogP) is -0.0204. The number of aliphatic hydroxyl groups excluding tert-OH is 2. The number of Topliss-reactive ketones (excluding diaryl/α,β-unsaturated/α-hetero) is 1. The van der Waals surface area contributed by atoms with E-state index in [-0.39, 0.29) is 5.56 Å². The maximum Gasteiger partial charge on any atom is 0.377 e. The number of hydrogen-bond donors (Lipinski definition) is 3. The monoisotopic (exact) mass is 210 g/mol. The van der Waals surface area contributed by atoms with Crippen LogP contribution in [0, 0.1) is 0 Å². The number of aliphatic carboxylic acids is 1. The summed E-state index contributed by atoms with van der Waals surface area (Å²) >= 11 is 0. The molecule has 0 fully saturated rings. The van der Waals surface area contributed by atoms with E-state index in [0.29, 0.717) is 5.56 Å². The molecule has 0 radical (unpaired) electrons. The summed E-state index contributed by atoms with van der Waals surface area (Å²) in [6.07, 6.45) is -1.01. The highest BCUT2D eigenvalue weighted by Gasteiger charge is 2.14. The lowest BCUT2D eigenvalue weighted by Gasteiger charge is -2.07. The summed E-state index contributed by atoms with van der Waals surface area (Å²) in [5, 5.41) is 26.3. The highest BCUT2D eigenvalue weighted by atomic mass is 16.4. The van der Waals surface area contributed by atoms with Crippen LogP contribution in [0.15, 0.2) is 24.3 Å². The second kappa shape index (κ2) is 4.68. The first-order chi connectivity index (χ1) is 7.06. The van der Waals surface area contributed by atoms with Gasteiger partial charge in [0.2, 0.25) is 0 Å². The summed E-state index contributed by atoms with van der Waals surface area (Å²) in [7, 11) is 0. The summed E-state index contributed by atoms with van der Waals surface area (Å²) in [4.78, 5) is 21.3. The number of hydrogen-bond acceptors (Lipinski definition) is 4. The number of carbonyl (C=O) groups excluding carboxylic acids is 1. The maximum atomic E-state index is 11.0. The molecule has 5 heteroatoms. The maximum absolute atomic E-state index is 11.0. The third kappa shape index (κ3) is 2.61. The first-order valence-corrected chi connectivity index (χ1v) is 4.22. The molecule has 0 saturated heterocycles. The summed E-state index contributed by atoms with van der Waals surface area (Å²) < 4.78 is 0. The van der Waals surface area contributed by atoms with E-state index in [9.17, 15) is 14.7 Å². The second-order valence-corrected chi connectivity index (χ2v) is 2.95. The van der Waals surface area contributed by atoms with E-state index >= 15 is 0 Å². The van der Waals surface area contributed by atoms with Crippen molar-refractivity contribution in [3.63, 3.8) is 0 Å². The van der Waals surface area contributed by atoms with Gasteiger partial charge in [-0.05, 0) is 5.56 Å². The molecule has 0 aromatic heterocycles. The van der Waals surface area contributed by atoms with Crippen molar-refractivity contribution in [2.45, 2.75) is 6.10 Å². The van der Waals surface area contributed by atoms with E-state index < -0.39 is 24.5 Å². The lowest BCUT2D eigenvalue weighted by molar-refractivity contribution is -0.131. The Bertz CT molecular complexity index is 368. The van der Waals surface area contributed by atoms with Crippen LogP contribution < -0.4 is 0 Å². The molecule has 80 valence electrons. The number of ketones is 1. The van der Waals surface area contributed by atoms with Crippen molar-refractivity contribution in [2.75, 3.05) is 6.61 Å². The molecule has 5 nitrogen and oxygen atoms in total. The molecule has 15 heavy (non-hydrogen) atoms. The van der Waals surface area contributed by atoms with Crippen LogP contribution in [0.3, 0.4) is 0 Å². The third-order valence-electron chi connectivity index (χ3n) is 1.92. The van der Waals surface area contributed by atoms with Gasteiger partial charge in [0, 0.05) is 5.56 Å². The van der Waals surface area contributed by atoms with Crippen molar-refractivity contribution in [1.29, 1.82) is 0 Å². The quantitative estimate of drug-likeness (QED) is 0.479. The van der Waals surface area contributed by atoms with Crippen LogP contribution in [0.2, 0.25) is 0 Å². The van der Waals surface area contributed by atoms with Crippen molar-refractivity contribution >= 4 is 11.8 Å². The Labute approximate surface area is 85.6 Å². The molecule has 0 aliphatic heterocycles. The lowest BCUT2D eigenvalue weighted by Crippen LogP contribution is -2.12. The van der Waals surface area contributed by atoms with Crippen molar-refractivity contribution in [2.24, 2.45) is 0 Å². The van der Waals surface area contributed by atoms with Gasteiger partial charge < -0.3 is 15.3 Å². The molecule has 0 saturated carbocycles. The minimum absolute atomic E-state index is 0.0383. The average molecular weight is 210 g/mol. The molecule has 1 unspecified atom stereocenters. The number of carbonyl (C=O) groups is 2.